The fourth-order valence-electron chi connectivity index (χ4n) is 10.7. The molecule has 15 atom stereocenters. The summed E-state index contributed by atoms with van der Waals surface area (Å²) in [7, 11) is 0. The molecule has 17 nitrogen and oxygen atoms in total. The van der Waals surface area contributed by atoms with Crippen LogP contribution in [0.1, 0.15) is 106 Å². The van der Waals surface area contributed by atoms with Gasteiger partial charge in [-0.2, -0.15) is 0 Å². The van der Waals surface area contributed by atoms with Gasteiger partial charge in [0, 0.05) is 20.1 Å². The van der Waals surface area contributed by atoms with Gasteiger partial charge in [0.05, 0.1) is 19.8 Å². The lowest BCUT2D eigenvalue weighted by molar-refractivity contribution is -0.214. The molecule has 3 heterocycles. The molecular weight excluding hydrogens is 1160 g/mol. The Morgan fingerprint density at radius 1 is 0.450 bits per heavy atom. The van der Waals surface area contributed by atoms with Crippen LogP contribution in [0.2, 0.25) is 0 Å². The van der Waals surface area contributed by atoms with Crippen molar-refractivity contribution in [1.82, 2.24) is 0 Å². The minimum atomic E-state index is -1.54. The molecule has 0 unspecified atom stereocenters. The molecule has 0 saturated carbocycles. The standard InChI is InChI=1S/C34H40O11.C18H18Br2O.C8H12O5.CH4/c1-2-3-4-13-34(43)22-14-18(7-11-24-28(37)32(41)30(39)26(16-35)44-24)5-9-20(22)21-10-6-19(15-23(21)34)8-12-25-29(38)33(42)31(40)27(17-36)45-25;1-2-3-4-9-18(21)16-10-12(19)5-7-14(16)15-8-6-13(20)11-17(15)18;1-2-4-6(10)8(12)7(11)5(3-9)13-4;/h5-6,9-10,14-15,24-33,35-43H,2-4,13,16-17H2,1H3;5-8,10-11,21H,2-4,9H2,1H3;1,4-12H,3H2;1H4/t24-,25-,26-,27-,28-,29-,30-,31-,32-,33-;;4-,5-,6-,7-,8-;/m1.1./s1. The highest BCUT2D eigenvalue weighted by molar-refractivity contribution is 9.10. The number of ether oxygens (including phenoxy) is 3. The van der Waals surface area contributed by atoms with Crippen molar-refractivity contribution in [3.8, 4) is 58.3 Å². The Hall–Kier alpha value is -4.16. The van der Waals surface area contributed by atoms with Crippen LogP contribution in [0.15, 0.2) is 81.7 Å². The van der Waals surface area contributed by atoms with Gasteiger partial charge in [0.1, 0.15) is 103 Å². The summed E-state index contributed by atoms with van der Waals surface area (Å²) in [4.78, 5) is 0. The van der Waals surface area contributed by atoms with Crippen LogP contribution in [-0.2, 0) is 25.4 Å². The zero-order valence-corrected chi connectivity index (χ0v) is 46.9. The van der Waals surface area contributed by atoms with Gasteiger partial charge in [0.15, 0.2) is 0 Å². The third-order valence-electron chi connectivity index (χ3n) is 15.2. The van der Waals surface area contributed by atoms with E-state index in [0.717, 1.165) is 87.3 Å². The second kappa shape index (κ2) is 28.4. The number of halogens is 2. The summed E-state index contributed by atoms with van der Waals surface area (Å²) >= 11 is 7.07. The Bertz CT molecular complexity index is 2750. The molecule has 14 N–H and O–H groups in total. The number of aliphatic hydroxyl groups excluding tert-OH is 12. The highest BCUT2D eigenvalue weighted by atomic mass is 79.9. The number of rotatable bonds is 11. The van der Waals surface area contributed by atoms with E-state index in [9.17, 15) is 66.4 Å². The summed E-state index contributed by atoms with van der Waals surface area (Å²) in [6, 6.07) is 23.2. The SMILES string of the molecule is C.C#C[C@H]1O[C@H](CO)[C@@H](O)[C@H](O)[C@@H]1O.CCCCCC1(O)c2cc(Br)ccc2-c2ccc(Br)cc21.CCCCCC1(O)c2cc(C#C[C@H]3O[C@H](CO)[C@@H](O)[C@H](O)[C@@H]3O)ccc2-c2ccc(C#C[C@H]3O[C@H](CO)[C@@H](O)[C@H](O)[C@@H]3O)cc21. The van der Waals surface area contributed by atoms with Gasteiger partial charge in [-0.25, -0.2) is 0 Å². The van der Waals surface area contributed by atoms with E-state index in [2.05, 4.69) is 99.6 Å². The van der Waals surface area contributed by atoms with E-state index in [1.807, 2.05) is 24.3 Å². The maximum Gasteiger partial charge on any atom is 0.147 e. The molecule has 0 amide bonds. The molecule has 434 valence electrons. The lowest BCUT2D eigenvalue weighted by Crippen LogP contribution is -2.58. The molecule has 3 fully saturated rings. The largest absolute Gasteiger partial charge is 0.394 e. The van der Waals surface area contributed by atoms with Crippen LogP contribution in [0, 0.1) is 36.0 Å². The number of fused-ring (bicyclic) bond motifs is 6. The molecule has 9 rings (SSSR count). The van der Waals surface area contributed by atoms with Gasteiger partial charge >= 0.3 is 0 Å². The summed E-state index contributed by atoms with van der Waals surface area (Å²) in [6.45, 7) is 2.69. The fourth-order valence-corrected chi connectivity index (χ4v) is 11.4. The van der Waals surface area contributed by atoms with Gasteiger partial charge in [-0.05, 0) is 119 Å². The molecule has 5 aliphatic rings. The maximum atomic E-state index is 12.2. The van der Waals surface area contributed by atoms with Crippen LogP contribution in [-0.4, -0.2) is 183 Å². The Morgan fingerprint density at radius 2 is 0.762 bits per heavy atom. The number of hydrogen-bond donors (Lipinski definition) is 14. The fraction of sp³-hybridized carbons (Fsp3) is 0.508. The molecule has 4 aromatic rings. The number of hydrogen-bond acceptors (Lipinski definition) is 17. The van der Waals surface area contributed by atoms with Crippen molar-refractivity contribution in [3.05, 3.63) is 115 Å². The third-order valence-corrected chi connectivity index (χ3v) is 16.2. The molecule has 3 saturated heterocycles. The molecule has 0 radical (unpaired) electrons. The van der Waals surface area contributed by atoms with E-state index in [1.54, 1.807) is 24.3 Å². The van der Waals surface area contributed by atoms with Gasteiger partial charge in [-0.1, -0.05) is 133 Å². The molecular formula is C61H74Br2O17. The highest BCUT2D eigenvalue weighted by Gasteiger charge is 2.46. The predicted molar refractivity (Wildman–Crippen MR) is 304 cm³/mol. The van der Waals surface area contributed by atoms with Gasteiger partial charge in [-0.15, -0.1) is 6.42 Å². The van der Waals surface area contributed by atoms with Crippen LogP contribution < -0.4 is 0 Å². The van der Waals surface area contributed by atoms with Crippen molar-refractivity contribution in [2.45, 2.75) is 175 Å². The molecule has 4 aromatic carbocycles. The lowest BCUT2D eigenvalue weighted by Gasteiger charge is -2.37. The first-order valence-corrected chi connectivity index (χ1v) is 28.1. The molecule has 80 heavy (non-hydrogen) atoms. The molecule has 2 aliphatic carbocycles. The van der Waals surface area contributed by atoms with Gasteiger partial charge < -0.3 is 85.7 Å². The van der Waals surface area contributed by atoms with Gasteiger partial charge in [0.2, 0.25) is 0 Å². The van der Waals surface area contributed by atoms with Crippen LogP contribution in [0.5, 0.6) is 0 Å². The lowest BCUT2D eigenvalue weighted by atomic mass is 9.85. The normalized spacial score (nSPS) is 30.0. The third kappa shape index (κ3) is 13.6. The highest BCUT2D eigenvalue weighted by Crippen LogP contribution is 2.52. The molecule has 3 aliphatic heterocycles. The van der Waals surface area contributed by atoms with Crippen molar-refractivity contribution < 1.29 is 85.7 Å². The summed E-state index contributed by atoms with van der Waals surface area (Å²) in [6.07, 6.45) is -7.26. The van der Waals surface area contributed by atoms with Gasteiger partial charge in [-0.3, -0.25) is 0 Å². The Kier molecular flexibility index (Phi) is 23.1. The second-order valence-electron chi connectivity index (χ2n) is 20.5. The molecule has 0 spiro atoms. The zero-order chi connectivity index (χ0) is 57.5. The summed E-state index contributed by atoms with van der Waals surface area (Å²) in [5.74, 6) is 13.6. The first-order chi connectivity index (χ1) is 37.7. The maximum absolute atomic E-state index is 12.2. The number of aliphatic hydroxyl groups is 14. The molecule has 0 aromatic heterocycles. The Morgan fingerprint density at radius 3 is 1.09 bits per heavy atom. The van der Waals surface area contributed by atoms with Gasteiger partial charge in [0.25, 0.3) is 0 Å². The van der Waals surface area contributed by atoms with Crippen molar-refractivity contribution in [2.75, 3.05) is 19.8 Å². The monoisotopic (exact) mass is 1240 g/mol. The number of terminal acetylenes is 1. The average Bonchev–Trinajstić information content (AvgIpc) is 3.93. The predicted octanol–water partition coefficient (Wildman–Crippen LogP) is 2.98. The summed E-state index contributed by atoms with van der Waals surface area (Å²) in [5, 5.41) is 140. The van der Waals surface area contributed by atoms with E-state index in [0.29, 0.717) is 28.7 Å². The number of benzene rings is 4. The second-order valence-corrected chi connectivity index (χ2v) is 22.3. The van der Waals surface area contributed by atoms with E-state index in [1.165, 1.54) is 0 Å². The van der Waals surface area contributed by atoms with Crippen LogP contribution in [0.4, 0.5) is 0 Å². The molecule has 19 heteroatoms. The summed E-state index contributed by atoms with van der Waals surface area (Å²) in [5.41, 5.74) is 6.09. The van der Waals surface area contributed by atoms with Crippen LogP contribution in [0.25, 0.3) is 22.3 Å². The van der Waals surface area contributed by atoms with Crippen molar-refractivity contribution in [2.24, 2.45) is 0 Å². The zero-order valence-electron chi connectivity index (χ0n) is 43.7. The van der Waals surface area contributed by atoms with Crippen LogP contribution >= 0.6 is 31.9 Å². The first kappa shape index (κ1) is 65.0. The van der Waals surface area contributed by atoms with Crippen molar-refractivity contribution in [3.63, 3.8) is 0 Å². The minimum Gasteiger partial charge on any atom is -0.394 e. The number of unbranched alkanes of at least 4 members (excludes halogenated alkanes) is 4. The molecule has 0 bridgehead atoms. The quantitative estimate of drug-likeness (QED) is 0.0759. The van der Waals surface area contributed by atoms with E-state index in [4.69, 9.17) is 25.7 Å². The topological polar surface area (TPSA) is 311 Å². The minimum absolute atomic E-state index is 0. The smallest absolute Gasteiger partial charge is 0.147 e. The average molecular weight is 1240 g/mol. The van der Waals surface area contributed by atoms with E-state index >= 15 is 0 Å². The van der Waals surface area contributed by atoms with E-state index < -0.39 is 123 Å². The Labute approximate surface area is 483 Å². The first-order valence-electron chi connectivity index (χ1n) is 26.5. The van der Waals surface area contributed by atoms with Crippen molar-refractivity contribution in [1.29, 1.82) is 0 Å². The van der Waals surface area contributed by atoms with Crippen LogP contribution in [0.3, 0.4) is 0 Å². The Balaban J connectivity index is 0.000000241. The summed E-state index contributed by atoms with van der Waals surface area (Å²) < 4.78 is 18.0. The van der Waals surface area contributed by atoms with E-state index in [-0.39, 0.29) is 7.43 Å². The van der Waals surface area contributed by atoms with Crippen molar-refractivity contribution >= 4 is 31.9 Å².